The molecule has 0 spiro atoms. The normalized spacial score (nSPS) is 20.7. The van der Waals surface area contributed by atoms with E-state index in [4.69, 9.17) is 5.73 Å². The molecule has 11 heteroatoms. The lowest BCUT2D eigenvalue weighted by Crippen LogP contribution is -2.43. The standard InChI is InChI=1S/C20H20F4N4O2S/c1-12(20(22,23)24)28-31(29,30)15-6-4-3-5-14(15)13-7-8-19(2,16(21)9-13)17-10-27-18(25)11-26-17/h3-7,9-12,28H,8H2,1-2H3,(H2,25,27). The summed E-state index contributed by atoms with van der Waals surface area (Å²) in [5.41, 5.74) is 5.05. The van der Waals surface area contributed by atoms with Gasteiger partial charge in [-0.15, -0.1) is 0 Å². The second kappa shape index (κ2) is 8.04. The number of hydrogen-bond donors (Lipinski definition) is 2. The van der Waals surface area contributed by atoms with E-state index in [9.17, 15) is 21.6 Å². The molecule has 0 aliphatic heterocycles. The van der Waals surface area contributed by atoms with Crippen LogP contribution in [0.1, 0.15) is 31.5 Å². The molecule has 2 aromatic rings. The molecular weight excluding hydrogens is 436 g/mol. The minimum atomic E-state index is -4.75. The molecule has 0 saturated heterocycles. The number of rotatable bonds is 5. The van der Waals surface area contributed by atoms with Gasteiger partial charge in [0, 0.05) is 5.56 Å². The van der Waals surface area contributed by atoms with Crippen LogP contribution in [0.3, 0.4) is 0 Å². The van der Waals surface area contributed by atoms with E-state index in [1.165, 1.54) is 36.7 Å². The smallest absolute Gasteiger partial charge is 0.382 e. The Morgan fingerprint density at radius 1 is 1.19 bits per heavy atom. The molecule has 1 aromatic carbocycles. The molecule has 0 saturated carbocycles. The Labute approximate surface area is 177 Å². The Hall–Kier alpha value is -2.79. The van der Waals surface area contributed by atoms with Crippen molar-refractivity contribution in [2.75, 3.05) is 5.73 Å². The van der Waals surface area contributed by atoms with Crippen molar-refractivity contribution in [1.29, 1.82) is 0 Å². The van der Waals surface area contributed by atoms with E-state index < -0.39 is 33.5 Å². The number of alkyl halides is 3. The average molecular weight is 456 g/mol. The van der Waals surface area contributed by atoms with Gasteiger partial charge >= 0.3 is 6.18 Å². The minimum absolute atomic E-state index is 0.0879. The fourth-order valence-electron chi connectivity index (χ4n) is 3.11. The van der Waals surface area contributed by atoms with Crippen molar-refractivity contribution < 1.29 is 26.0 Å². The number of anilines is 1. The molecule has 3 N–H and O–H groups in total. The maximum atomic E-state index is 15.2. The molecule has 0 bridgehead atoms. The fraction of sp³-hybridized carbons (Fsp3) is 0.300. The topological polar surface area (TPSA) is 98.0 Å². The molecule has 0 radical (unpaired) electrons. The molecule has 2 atom stereocenters. The Morgan fingerprint density at radius 3 is 2.45 bits per heavy atom. The van der Waals surface area contributed by atoms with Crippen LogP contribution >= 0.6 is 0 Å². The predicted molar refractivity (Wildman–Crippen MR) is 108 cm³/mol. The highest BCUT2D eigenvalue weighted by Crippen LogP contribution is 2.42. The van der Waals surface area contributed by atoms with Gasteiger partial charge in [-0.3, -0.25) is 4.98 Å². The van der Waals surface area contributed by atoms with Crippen molar-refractivity contribution in [3.8, 4) is 0 Å². The van der Waals surface area contributed by atoms with E-state index in [2.05, 4.69) is 9.97 Å². The molecule has 2 unspecified atom stereocenters. The van der Waals surface area contributed by atoms with E-state index in [1.807, 2.05) is 0 Å². The first-order valence-corrected chi connectivity index (χ1v) is 10.7. The molecular formula is C20H20F4N4O2S. The van der Waals surface area contributed by atoms with Crippen LogP contribution in [0, 0.1) is 0 Å². The Bertz CT molecular complexity index is 1140. The molecule has 1 heterocycles. The van der Waals surface area contributed by atoms with Crippen molar-refractivity contribution in [3.05, 3.63) is 65.9 Å². The third-order valence-corrected chi connectivity index (χ3v) is 6.69. The lowest BCUT2D eigenvalue weighted by atomic mass is 9.77. The van der Waals surface area contributed by atoms with Gasteiger partial charge in [-0.1, -0.05) is 24.3 Å². The Balaban J connectivity index is 1.97. The maximum absolute atomic E-state index is 15.2. The van der Waals surface area contributed by atoms with Crippen molar-refractivity contribution in [3.63, 3.8) is 0 Å². The number of aromatic nitrogens is 2. The molecule has 3 rings (SSSR count). The Kier molecular flexibility index (Phi) is 5.94. The van der Waals surface area contributed by atoms with E-state index in [0.717, 1.165) is 6.08 Å². The quantitative estimate of drug-likeness (QED) is 0.666. The van der Waals surface area contributed by atoms with E-state index >= 15 is 4.39 Å². The molecule has 0 fully saturated rings. The highest BCUT2D eigenvalue weighted by molar-refractivity contribution is 7.89. The summed E-state index contributed by atoms with van der Waals surface area (Å²) in [6.45, 7) is 2.32. The third-order valence-electron chi connectivity index (χ3n) is 5.09. The highest BCUT2D eigenvalue weighted by Gasteiger charge is 2.40. The first-order chi connectivity index (χ1) is 14.3. The van der Waals surface area contributed by atoms with Crippen molar-refractivity contribution in [2.24, 2.45) is 0 Å². The zero-order valence-electron chi connectivity index (χ0n) is 16.6. The van der Waals surface area contributed by atoms with Gasteiger partial charge < -0.3 is 5.73 Å². The van der Waals surface area contributed by atoms with E-state index in [-0.39, 0.29) is 28.3 Å². The fourth-order valence-corrected chi connectivity index (χ4v) is 4.57. The number of sulfonamides is 1. The Morgan fingerprint density at radius 2 is 1.87 bits per heavy atom. The molecule has 166 valence electrons. The lowest BCUT2D eigenvalue weighted by Gasteiger charge is -2.29. The summed E-state index contributed by atoms with van der Waals surface area (Å²) in [5, 5.41) is 0. The van der Waals surface area contributed by atoms with Crippen molar-refractivity contribution in [2.45, 2.75) is 42.8 Å². The van der Waals surface area contributed by atoms with Gasteiger partial charge in [0.2, 0.25) is 10.0 Å². The minimum Gasteiger partial charge on any atom is -0.382 e. The summed E-state index contributed by atoms with van der Waals surface area (Å²) in [7, 11) is -4.52. The van der Waals surface area contributed by atoms with Gasteiger partial charge in [-0.25, -0.2) is 17.8 Å². The summed E-state index contributed by atoms with van der Waals surface area (Å²) < 4.78 is 80.6. The van der Waals surface area contributed by atoms with Gasteiger partial charge in [-0.05, 0) is 38.0 Å². The number of nitrogens with two attached hydrogens (primary N) is 1. The zero-order valence-corrected chi connectivity index (χ0v) is 17.4. The molecule has 1 aliphatic rings. The largest absolute Gasteiger partial charge is 0.404 e. The summed E-state index contributed by atoms with van der Waals surface area (Å²) in [6.07, 6.45) is 0.820. The summed E-state index contributed by atoms with van der Waals surface area (Å²) >= 11 is 0. The number of nitrogens with one attached hydrogen (secondary N) is 1. The third kappa shape index (κ3) is 4.62. The van der Waals surface area contributed by atoms with Gasteiger partial charge in [0.25, 0.3) is 0 Å². The van der Waals surface area contributed by atoms with Gasteiger partial charge in [-0.2, -0.15) is 17.9 Å². The van der Waals surface area contributed by atoms with Crippen molar-refractivity contribution >= 4 is 21.4 Å². The van der Waals surface area contributed by atoms with Crippen LogP contribution in [0.25, 0.3) is 5.57 Å². The molecule has 6 nitrogen and oxygen atoms in total. The van der Waals surface area contributed by atoms with Crippen LogP contribution in [-0.4, -0.2) is 30.6 Å². The molecule has 1 aromatic heterocycles. The highest BCUT2D eigenvalue weighted by atomic mass is 32.2. The number of hydrogen-bond acceptors (Lipinski definition) is 5. The lowest BCUT2D eigenvalue weighted by molar-refractivity contribution is -0.147. The summed E-state index contributed by atoms with van der Waals surface area (Å²) in [4.78, 5) is 7.67. The van der Waals surface area contributed by atoms with Gasteiger partial charge in [0.15, 0.2) is 0 Å². The monoisotopic (exact) mass is 456 g/mol. The second-order valence-corrected chi connectivity index (χ2v) is 9.08. The van der Waals surface area contributed by atoms with Gasteiger partial charge in [0.05, 0.1) is 28.4 Å². The molecule has 1 aliphatic carbocycles. The van der Waals surface area contributed by atoms with Crippen LogP contribution in [-0.2, 0) is 15.4 Å². The number of nitrogen functional groups attached to an aromatic ring is 1. The second-order valence-electron chi connectivity index (χ2n) is 7.40. The predicted octanol–water partition coefficient (Wildman–Crippen LogP) is 3.89. The first kappa shape index (κ1) is 22.9. The van der Waals surface area contributed by atoms with Crippen LogP contribution in [0.4, 0.5) is 23.4 Å². The summed E-state index contributed by atoms with van der Waals surface area (Å²) in [5.74, 6) is -0.406. The average Bonchev–Trinajstić information content (AvgIpc) is 2.69. The van der Waals surface area contributed by atoms with Crippen LogP contribution in [0.5, 0.6) is 0 Å². The maximum Gasteiger partial charge on any atom is 0.404 e. The van der Waals surface area contributed by atoms with Crippen LogP contribution < -0.4 is 10.5 Å². The SMILES string of the molecule is CC(NS(=O)(=O)c1ccccc1C1=CCC(C)(c2cnc(N)cn2)C(F)=C1)C(F)(F)F. The van der Waals surface area contributed by atoms with E-state index in [0.29, 0.717) is 12.6 Å². The van der Waals surface area contributed by atoms with Crippen molar-refractivity contribution in [1.82, 2.24) is 14.7 Å². The number of nitrogens with zero attached hydrogens (tertiary/aromatic N) is 2. The van der Waals surface area contributed by atoms with E-state index in [1.54, 1.807) is 17.7 Å². The summed E-state index contributed by atoms with van der Waals surface area (Å²) in [6, 6.07) is 3.20. The van der Waals surface area contributed by atoms with Crippen LogP contribution in [0.15, 0.2) is 59.5 Å². The van der Waals surface area contributed by atoms with Gasteiger partial charge in [0.1, 0.15) is 17.7 Å². The number of allylic oxidation sites excluding steroid dienone is 4. The number of halogens is 4. The number of benzene rings is 1. The zero-order chi connectivity index (χ0) is 23.0. The van der Waals surface area contributed by atoms with Crippen LogP contribution in [0.2, 0.25) is 0 Å². The molecule has 31 heavy (non-hydrogen) atoms. The molecule has 0 amide bonds. The first-order valence-electron chi connectivity index (χ1n) is 9.19.